The van der Waals surface area contributed by atoms with E-state index in [2.05, 4.69) is 0 Å². The molecule has 0 aliphatic carbocycles. The smallest absolute Gasteiger partial charge is 0.192 e. The van der Waals surface area contributed by atoms with Gasteiger partial charge in [0.2, 0.25) is 0 Å². The van der Waals surface area contributed by atoms with Gasteiger partial charge in [0.25, 0.3) is 0 Å². The summed E-state index contributed by atoms with van der Waals surface area (Å²) < 4.78 is 16.9. The lowest BCUT2D eigenvalue weighted by atomic mass is 10.1. The molecular formula is C13H19NO3. The van der Waals surface area contributed by atoms with Crippen molar-refractivity contribution in [2.24, 2.45) is 5.73 Å². The van der Waals surface area contributed by atoms with Crippen molar-refractivity contribution in [3.8, 4) is 5.75 Å². The quantitative estimate of drug-likeness (QED) is 0.864. The van der Waals surface area contributed by atoms with E-state index < -0.39 is 5.79 Å². The van der Waals surface area contributed by atoms with Gasteiger partial charge in [-0.05, 0) is 32.0 Å². The highest BCUT2D eigenvalue weighted by Gasteiger charge is 2.38. The van der Waals surface area contributed by atoms with Gasteiger partial charge in [0.05, 0.1) is 19.8 Å². The summed E-state index contributed by atoms with van der Waals surface area (Å²) in [5, 5.41) is 0. The molecule has 0 amide bonds. The zero-order valence-electron chi connectivity index (χ0n) is 10.3. The van der Waals surface area contributed by atoms with Crippen LogP contribution in [-0.4, -0.2) is 26.4 Å². The Balaban J connectivity index is 2.15. The molecule has 4 nitrogen and oxygen atoms in total. The molecule has 0 spiro atoms. The summed E-state index contributed by atoms with van der Waals surface area (Å²) in [5.74, 6) is 0.118. The molecule has 1 aromatic carbocycles. The lowest BCUT2D eigenvalue weighted by Gasteiger charge is -2.24. The SMILES string of the molecule is COc1cccc(C2(C)OCC(CCN)O2)c1. The third-order valence-corrected chi connectivity index (χ3v) is 3.02. The molecular weight excluding hydrogens is 218 g/mol. The molecule has 0 bridgehead atoms. The van der Waals surface area contributed by atoms with Crippen molar-refractivity contribution in [1.29, 1.82) is 0 Å². The van der Waals surface area contributed by atoms with Gasteiger partial charge in [0.15, 0.2) is 5.79 Å². The number of ether oxygens (including phenoxy) is 3. The standard InChI is InChI=1S/C13H19NO3/c1-13(16-9-12(17-13)6-7-14)10-4-3-5-11(8-10)15-2/h3-5,8,12H,6-7,9,14H2,1-2H3. The molecule has 1 aliphatic heterocycles. The van der Waals surface area contributed by atoms with Crippen LogP contribution in [0.4, 0.5) is 0 Å². The van der Waals surface area contributed by atoms with E-state index in [1.165, 1.54) is 0 Å². The number of rotatable bonds is 4. The topological polar surface area (TPSA) is 53.7 Å². The van der Waals surface area contributed by atoms with Gasteiger partial charge in [0, 0.05) is 5.56 Å². The number of hydrogen-bond acceptors (Lipinski definition) is 4. The Morgan fingerprint density at radius 1 is 1.53 bits per heavy atom. The van der Waals surface area contributed by atoms with Crippen molar-refractivity contribution >= 4 is 0 Å². The number of methoxy groups -OCH3 is 1. The van der Waals surface area contributed by atoms with E-state index in [9.17, 15) is 0 Å². The Bertz CT molecular complexity index is 383. The average Bonchev–Trinajstić information content (AvgIpc) is 2.73. The molecule has 0 saturated carbocycles. The van der Waals surface area contributed by atoms with Crippen LogP contribution in [0.2, 0.25) is 0 Å². The Morgan fingerprint density at radius 2 is 2.35 bits per heavy atom. The molecule has 0 aromatic heterocycles. The van der Waals surface area contributed by atoms with Gasteiger partial charge in [0.1, 0.15) is 5.75 Å². The minimum atomic E-state index is -0.686. The molecule has 0 radical (unpaired) electrons. The van der Waals surface area contributed by atoms with Crippen molar-refractivity contribution in [3.05, 3.63) is 29.8 Å². The third-order valence-electron chi connectivity index (χ3n) is 3.02. The first-order valence-electron chi connectivity index (χ1n) is 5.84. The Kier molecular flexibility index (Phi) is 3.66. The second kappa shape index (κ2) is 5.04. The molecule has 2 atom stereocenters. The van der Waals surface area contributed by atoms with Crippen LogP contribution in [0.15, 0.2) is 24.3 Å². The van der Waals surface area contributed by atoms with Crippen LogP contribution >= 0.6 is 0 Å². The maximum Gasteiger partial charge on any atom is 0.192 e. The average molecular weight is 237 g/mol. The van der Waals surface area contributed by atoms with Crippen molar-refractivity contribution in [2.75, 3.05) is 20.3 Å². The van der Waals surface area contributed by atoms with Crippen molar-refractivity contribution < 1.29 is 14.2 Å². The van der Waals surface area contributed by atoms with Crippen LogP contribution in [-0.2, 0) is 15.3 Å². The van der Waals surface area contributed by atoms with Crippen molar-refractivity contribution in [1.82, 2.24) is 0 Å². The second-order valence-corrected chi connectivity index (χ2v) is 4.31. The number of benzene rings is 1. The molecule has 2 unspecified atom stereocenters. The second-order valence-electron chi connectivity index (χ2n) is 4.31. The molecule has 1 aromatic rings. The fourth-order valence-corrected chi connectivity index (χ4v) is 2.02. The Hall–Kier alpha value is -1.10. The van der Waals surface area contributed by atoms with Crippen LogP contribution in [0.3, 0.4) is 0 Å². The molecule has 94 valence electrons. The Labute approximate surface area is 102 Å². The van der Waals surface area contributed by atoms with E-state index in [0.29, 0.717) is 13.2 Å². The van der Waals surface area contributed by atoms with Gasteiger partial charge in [-0.1, -0.05) is 12.1 Å². The Morgan fingerprint density at radius 3 is 3.06 bits per heavy atom. The lowest BCUT2D eigenvalue weighted by Crippen LogP contribution is -2.24. The minimum Gasteiger partial charge on any atom is -0.497 e. The molecule has 1 fully saturated rings. The molecule has 1 heterocycles. The van der Waals surface area contributed by atoms with Crippen LogP contribution in [0.1, 0.15) is 18.9 Å². The normalized spacial score (nSPS) is 28.3. The van der Waals surface area contributed by atoms with E-state index in [4.69, 9.17) is 19.9 Å². The predicted octanol–water partition coefficient (Wildman–Crippen LogP) is 1.63. The highest BCUT2D eigenvalue weighted by atomic mass is 16.7. The summed E-state index contributed by atoms with van der Waals surface area (Å²) in [6, 6.07) is 7.75. The molecule has 2 rings (SSSR count). The first-order valence-corrected chi connectivity index (χ1v) is 5.84. The zero-order chi connectivity index (χ0) is 12.3. The van der Waals surface area contributed by atoms with Gasteiger partial charge >= 0.3 is 0 Å². The molecule has 1 saturated heterocycles. The summed E-state index contributed by atoms with van der Waals surface area (Å²) in [4.78, 5) is 0. The minimum absolute atomic E-state index is 0.0798. The monoisotopic (exact) mass is 237 g/mol. The van der Waals surface area contributed by atoms with Crippen LogP contribution < -0.4 is 10.5 Å². The summed E-state index contributed by atoms with van der Waals surface area (Å²) >= 11 is 0. The van der Waals surface area contributed by atoms with Crippen LogP contribution in [0, 0.1) is 0 Å². The fraction of sp³-hybridized carbons (Fsp3) is 0.538. The summed E-state index contributed by atoms with van der Waals surface area (Å²) in [5.41, 5.74) is 6.49. The maximum atomic E-state index is 5.92. The largest absolute Gasteiger partial charge is 0.497 e. The molecule has 1 aliphatic rings. The van der Waals surface area contributed by atoms with Crippen LogP contribution in [0.5, 0.6) is 5.75 Å². The van der Waals surface area contributed by atoms with E-state index in [1.807, 2.05) is 31.2 Å². The van der Waals surface area contributed by atoms with E-state index in [0.717, 1.165) is 17.7 Å². The zero-order valence-corrected chi connectivity index (χ0v) is 10.3. The molecule has 2 N–H and O–H groups in total. The third kappa shape index (κ3) is 2.60. The lowest BCUT2D eigenvalue weighted by molar-refractivity contribution is -0.162. The van der Waals surface area contributed by atoms with Crippen molar-refractivity contribution in [2.45, 2.75) is 25.2 Å². The highest BCUT2D eigenvalue weighted by Crippen LogP contribution is 2.35. The van der Waals surface area contributed by atoms with E-state index in [1.54, 1.807) is 7.11 Å². The molecule has 17 heavy (non-hydrogen) atoms. The summed E-state index contributed by atoms with van der Waals surface area (Å²) in [6.07, 6.45) is 0.899. The first kappa shape index (κ1) is 12.4. The highest BCUT2D eigenvalue weighted by molar-refractivity contribution is 5.31. The van der Waals surface area contributed by atoms with Crippen molar-refractivity contribution in [3.63, 3.8) is 0 Å². The molecule has 4 heteroatoms. The fourth-order valence-electron chi connectivity index (χ4n) is 2.02. The maximum absolute atomic E-state index is 5.92. The number of hydrogen-bond donors (Lipinski definition) is 1. The van der Waals surface area contributed by atoms with Gasteiger partial charge in [-0.15, -0.1) is 0 Å². The van der Waals surface area contributed by atoms with E-state index in [-0.39, 0.29) is 6.10 Å². The van der Waals surface area contributed by atoms with Gasteiger partial charge < -0.3 is 19.9 Å². The van der Waals surface area contributed by atoms with Gasteiger partial charge in [-0.3, -0.25) is 0 Å². The van der Waals surface area contributed by atoms with Gasteiger partial charge in [-0.25, -0.2) is 0 Å². The number of nitrogens with two attached hydrogens (primary N) is 1. The predicted molar refractivity (Wildman–Crippen MR) is 64.8 cm³/mol. The summed E-state index contributed by atoms with van der Waals surface area (Å²) in [7, 11) is 1.65. The first-order chi connectivity index (χ1) is 8.18. The van der Waals surface area contributed by atoms with Gasteiger partial charge in [-0.2, -0.15) is 0 Å². The summed E-state index contributed by atoms with van der Waals surface area (Å²) in [6.45, 7) is 3.13. The van der Waals surface area contributed by atoms with Crippen LogP contribution in [0.25, 0.3) is 0 Å². The van der Waals surface area contributed by atoms with E-state index >= 15 is 0 Å².